The minimum atomic E-state index is -0.697. The van der Waals surface area contributed by atoms with E-state index in [-0.39, 0.29) is 37.2 Å². The van der Waals surface area contributed by atoms with Gasteiger partial charge in [0.15, 0.2) is 11.6 Å². The number of ether oxygens (including phenoxy) is 1. The summed E-state index contributed by atoms with van der Waals surface area (Å²) in [6, 6.07) is 9.62. The van der Waals surface area contributed by atoms with E-state index in [1.165, 1.54) is 28.4 Å². The van der Waals surface area contributed by atoms with Gasteiger partial charge in [-0.25, -0.2) is 9.18 Å². The fraction of sp³-hybridized carbons (Fsp3) is 0.235. The first-order valence-corrected chi connectivity index (χ1v) is 8.65. The van der Waals surface area contributed by atoms with Crippen molar-refractivity contribution in [2.24, 2.45) is 0 Å². The summed E-state index contributed by atoms with van der Waals surface area (Å²) in [6.45, 7) is 0.110. The van der Waals surface area contributed by atoms with Gasteiger partial charge in [-0.15, -0.1) is 16.4 Å². The number of amides is 1. The van der Waals surface area contributed by atoms with Crippen molar-refractivity contribution in [3.05, 3.63) is 58.1 Å². The lowest BCUT2D eigenvalue weighted by Gasteiger charge is -2.17. The number of carbonyl (C=O) groups excluding carboxylic acids is 1. The number of para-hydroxylation sites is 1. The van der Waals surface area contributed by atoms with Gasteiger partial charge < -0.3 is 14.1 Å². The average Bonchev–Trinajstić information content (AvgIpc) is 3.27. The number of thiophene rings is 1. The van der Waals surface area contributed by atoms with Gasteiger partial charge in [0, 0.05) is 7.05 Å². The maximum Gasteiger partial charge on any atom is 0.437 e. The fourth-order valence-corrected chi connectivity index (χ4v) is 2.78. The Bertz CT molecular complexity index is 936. The zero-order valence-corrected chi connectivity index (χ0v) is 14.7. The molecule has 0 bridgehead atoms. The van der Waals surface area contributed by atoms with Crippen LogP contribution in [0.1, 0.15) is 0 Å². The summed E-state index contributed by atoms with van der Waals surface area (Å²) in [5.41, 5.74) is 0. The second-order valence-corrected chi connectivity index (χ2v) is 6.35. The zero-order valence-electron chi connectivity index (χ0n) is 13.9. The molecule has 7 nitrogen and oxygen atoms in total. The number of halogens is 1. The average molecular weight is 377 g/mol. The first-order chi connectivity index (χ1) is 12.5. The number of hydrogen-bond donors (Lipinski definition) is 0. The molecule has 0 fully saturated rings. The van der Waals surface area contributed by atoms with E-state index in [1.54, 1.807) is 25.2 Å². The molecule has 1 aromatic carbocycles. The summed E-state index contributed by atoms with van der Waals surface area (Å²) in [5, 5.41) is 5.87. The minimum Gasteiger partial charge on any atom is -0.489 e. The van der Waals surface area contributed by atoms with Crippen molar-refractivity contribution in [2.45, 2.75) is 6.54 Å². The lowest BCUT2D eigenvalue weighted by molar-refractivity contribution is -0.131. The Morgan fingerprint density at radius 2 is 2.15 bits per heavy atom. The quantitative estimate of drug-likeness (QED) is 0.631. The van der Waals surface area contributed by atoms with Gasteiger partial charge in [0.05, 0.1) is 11.4 Å². The Kier molecular flexibility index (Phi) is 5.47. The molecule has 0 N–H and O–H groups in total. The Morgan fingerprint density at radius 3 is 2.88 bits per heavy atom. The van der Waals surface area contributed by atoms with Crippen LogP contribution in [-0.4, -0.2) is 40.8 Å². The number of hydrogen-bond acceptors (Lipinski definition) is 6. The third-order valence-corrected chi connectivity index (χ3v) is 4.43. The standard InChI is InChI=1S/C17H16FN3O4S/c1-20(8-9-24-13-6-3-2-5-12(13)18)15(22)11-21-17(23)25-16(19-21)14-7-4-10-26-14/h2-7,10H,8-9,11H2,1H3. The maximum absolute atomic E-state index is 13.5. The molecule has 0 spiro atoms. The largest absolute Gasteiger partial charge is 0.489 e. The van der Waals surface area contributed by atoms with Crippen molar-refractivity contribution in [1.29, 1.82) is 0 Å². The number of rotatable bonds is 7. The molecule has 26 heavy (non-hydrogen) atoms. The van der Waals surface area contributed by atoms with Gasteiger partial charge >= 0.3 is 5.76 Å². The van der Waals surface area contributed by atoms with Crippen LogP contribution in [0.4, 0.5) is 4.39 Å². The van der Waals surface area contributed by atoms with Gasteiger partial charge in [0.2, 0.25) is 5.91 Å². The van der Waals surface area contributed by atoms with Gasteiger partial charge in [-0.3, -0.25) is 4.79 Å². The highest BCUT2D eigenvalue weighted by Gasteiger charge is 2.16. The molecule has 0 aliphatic heterocycles. The Morgan fingerprint density at radius 1 is 1.35 bits per heavy atom. The molecule has 0 atom stereocenters. The molecular formula is C17H16FN3O4S. The molecule has 2 aromatic heterocycles. The molecule has 9 heteroatoms. The van der Waals surface area contributed by atoms with Crippen molar-refractivity contribution >= 4 is 17.2 Å². The van der Waals surface area contributed by atoms with Crippen LogP contribution in [0.15, 0.2) is 51.0 Å². The number of benzene rings is 1. The van der Waals surface area contributed by atoms with Crippen LogP contribution in [0, 0.1) is 5.82 Å². The smallest absolute Gasteiger partial charge is 0.437 e. The molecule has 0 aliphatic rings. The summed E-state index contributed by atoms with van der Waals surface area (Å²) in [7, 11) is 1.57. The Hall–Kier alpha value is -2.94. The van der Waals surface area contributed by atoms with Crippen LogP contribution in [0.3, 0.4) is 0 Å². The normalized spacial score (nSPS) is 10.7. The first-order valence-electron chi connectivity index (χ1n) is 7.77. The molecule has 0 aliphatic carbocycles. The molecule has 0 radical (unpaired) electrons. The van der Waals surface area contributed by atoms with E-state index < -0.39 is 11.6 Å². The van der Waals surface area contributed by atoms with E-state index in [4.69, 9.17) is 9.15 Å². The first kappa shape index (κ1) is 17.9. The predicted molar refractivity (Wildman–Crippen MR) is 93.6 cm³/mol. The van der Waals surface area contributed by atoms with E-state index in [9.17, 15) is 14.0 Å². The molecular weight excluding hydrogens is 361 g/mol. The van der Waals surface area contributed by atoms with Crippen LogP contribution < -0.4 is 10.5 Å². The maximum atomic E-state index is 13.5. The molecule has 0 saturated carbocycles. The Labute approximate surface area is 152 Å². The molecule has 136 valence electrons. The van der Waals surface area contributed by atoms with E-state index >= 15 is 0 Å². The van der Waals surface area contributed by atoms with Crippen molar-refractivity contribution in [1.82, 2.24) is 14.7 Å². The highest BCUT2D eigenvalue weighted by Crippen LogP contribution is 2.21. The van der Waals surface area contributed by atoms with Crippen LogP contribution in [0.2, 0.25) is 0 Å². The molecule has 2 heterocycles. The van der Waals surface area contributed by atoms with Crippen LogP contribution >= 0.6 is 11.3 Å². The third-order valence-electron chi connectivity index (χ3n) is 3.57. The zero-order chi connectivity index (χ0) is 18.5. The number of likely N-dealkylation sites (N-methyl/N-ethyl adjacent to an activating group) is 1. The van der Waals surface area contributed by atoms with Crippen molar-refractivity contribution in [2.75, 3.05) is 20.2 Å². The van der Waals surface area contributed by atoms with Gasteiger partial charge in [-0.05, 0) is 23.6 Å². The lowest BCUT2D eigenvalue weighted by Crippen LogP contribution is -2.35. The molecule has 1 amide bonds. The van der Waals surface area contributed by atoms with E-state index in [2.05, 4.69) is 5.10 Å². The number of carbonyl (C=O) groups is 1. The van der Waals surface area contributed by atoms with Gasteiger partial charge in [-0.2, -0.15) is 4.68 Å². The molecule has 3 aromatic rings. The predicted octanol–water partition coefficient (Wildman–Crippen LogP) is 2.24. The topological polar surface area (TPSA) is 77.6 Å². The minimum absolute atomic E-state index is 0.122. The Balaban J connectivity index is 1.54. The summed E-state index contributed by atoms with van der Waals surface area (Å²) in [6.07, 6.45) is 0. The van der Waals surface area contributed by atoms with Gasteiger partial charge in [-0.1, -0.05) is 18.2 Å². The summed E-state index contributed by atoms with van der Waals surface area (Å²) >= 11 is 1.38. The number of nitrogens with zero attached hydrogens (tertiary/aromatic N) is 3. The SMILES string of the molecule is CN(CCOc1ccccc1F)C(=O)Cn1nc(-c2cccs2)oc1=O. The summed E-state index contributed by atoms with van der Waals surface area (Å²) in [5.74, 6) is -1.19. The second-order valence-electron chi connectivity index (χ2n) is 5.40. The van der Waals surface area contributed by atoms with Gasteiger partial charge in [0.1, 0.15) is 13.2 Å². The van der Waals surface area contributed by atoms with Crippen LogP contribution in [-0.2, 0) is 11.3 Å². The fourth-order valence-electron chi connectivity index (χ4n) is 2.13. The number of aromatic nitrogens is 2. The monoisotopic (exact) mass is 377 g/mol. The third kappa shape index (κ3) is 4.17. The highest BCUT2D eigenvalue weighted by molar-refractivity contribution is 7.13. The van der Waals surface area contributed by atoms with Crippen molar-refractivity contribution < 1.29 is 18.3 Å². The highest BCUT2D eigenvalue weighted by atomic mass is 32.1. The molecule has 0 saturated heterocycles. The summed E-state index contributed by atoms with van der Waals surface area (Å²) < 4.78 is 24.8. The van der Waals surface area contributed by atoms with Crippen LogP contribution in [0.5, 0.6) is 5.75 Å². The van der Waals surface area contributed by atoms with E-state index in [0.29, 0.717) is 4.88 Å². The molecule has 3 rings (SSSR count). The van der Waals surface area contributed by atoms with Gasteiger partial charge in [0.25, 0.3) is 5.89 Å². The lowest BCUT2D eigenvalue weighted by atomic mass is 10.3. The summed E-state index contributed by atoms with van der Waals surface area (Å²) in [4.78, 5) is 26.1. The van der Waals surface area contributed by atoms with E-state index in [0.717, 1.165) is 4.68 Å². The molecule has 0 unspecified atom stereocenters. The van der Waals surface area contributed by atoms with Crippen molar-refractivity contribution in [3.63, 3.8) is 0 Å². The van der Waals surface area contributed by atoms with Crippen LogP contribution in [0.25, 0.3) is 10.8 Å². The van der Waals surface area contributed by atoms with Crippen molar-refractivity contribution in [3.8, 4) is 16.5 Å². The van der Waals surface area contributed by atoms with E-state index in [1.807, 2.05) is 11.4 Å². The second kappa shape index (κ2) is 7.96.